The van der Waals surface area contributed by atoms with Gasteiger partial charge >= 0.3 is 0 Å². The van der Waals surface area contributed by atoms with Gasteiger partial charge < -0.3 is 14.9 Å². The molecular weight excluding hydrogens is 439 g/mol. The molecule has 3 aliphatic carbocycles. The Balaban J connectivity index is 1.63. The summed E-state index contributed by atoms with van der Waals surface area (Å²) in [6.07, 6.45) is 15.4. The van der Waals surface area contributed by atoms with E-state index in [1.54, 1.807) is 0 Å². The number of alkyl halides is 1. The number of hydrogen-bond donors (Lipinski definition) is 2. The summed E-state index contributed by atoms with van der Waals surface area (Å²) >= 11 is 0. The SMILES string of the molecule is C=C1/C(=C/C=C2\CCC[C@]3(C)[C@@H]([C@H](C)OCCCC(O)(CC)CC)CC[C@@H]23)C[C@@H](O)C[C@H]1CCF. The van der Waals surface area contributed by atoms with Crippen LogP contribution in [0.4, 0.5) is 4.39 Å². The Hall–Kier alpha value is -0.970. The highest BCUT2D eigenvalue weighted by molar-refractivity contribution is 5.38. The van der Waals surface area contributed by atoms with Crippen molar-refractivity contribution < 1.29 is 19.3 Å². The van der Waals surface area contributed by atoms with Gasteiger partial charge in [-0.2, -0.15) is 0 Å². The first-order valence-corrected chi connectivity index (χ1v) is 14.3. The van der Waals surface area contributed by atoms with Gasteiger partial charge in [0.2, 0.25) is 0 Å². The van der Waals surface area contributed by atoms with Gasteiger partial charge in [0.15, 0.2) is 0 Å². The second-order valence-electron chi connectivity index (χ2n) is 11.9. The van der Waals surface area contributed by atoms with E-state index in [1.165, 1.54) is 31.3 Å². The van der Waals surface area contributed by atoms with Gasteiger partial charge in [-0.25, -0.2) is 0 Å². The van der Waals surface area contributed by atoms with E-state index in [9.17, 15) is 14.6 Å². The van der Waals surface area contributed by atoms with Crippen LogP contribution in [0.5, 0.6) is 0 Å². The van der Waals surface area contributed by atoms with Crippen LogP contribution in [-0.4, -0.2) is 41.3 Å². The van der Waals surface area contributed by atoms with Crippen molar-refractivity contribution in [1.82, 2.24) is 0 Å². The van der Waals surface area contributed by atoms with Gasteiger partial charge in [-0.3, -0.25) is 4.39 Å². The van der Waals surface area contributed by atoms with E-state index in [1.807, 2.05) is 0 Å². The predicted molar refractivity (Wildman–Crippen MR) is 143 cm³/mol. The second-order valence-corrected chi connectivity index (χ2v) is 11.9. The molecular formula is C31H51FO3. The molecule has 0 radical (unpaired) electrons. The van der Waals surface area contributed by atoms with Crippen molar-refractivity contribution in [2.45, 2.75) is 123 Å². The van der Waals surface area contributed by atoms with Crippen molar-refractivity contribution in [2.75, 3.05) is 13.3 Å². The molecule has 4 heteroatoms. The van der Waals surface area contributed by atoms with Crippen LogP contribution in [0.3, 0.4) is 0 Å². The third kappa shape index (κ3) is 6.67. The van der Waals surface area contributed by atoms with Gasteiger partial charge in [-0.05, 0) is 118 Å². The summed E-state index contributed by atoms with van der Waals surface area (Å²) in [6, 6.07) is 0. The highest BCUT2D eigenvalue weighted by Gasteiger charge is 2.51. The molecule has 35 heavy (non-hydrogen) atoms. The summed E-state index contributed by atoms with van der Waals surface area (Å²) in [4.78, 5) is 0. The first-order valence-electron chi connectivity index (χ1n) is 14.3. The number of aliphatic hydroxyl groups is 2. The van der Waals surface area contributed by atoms with Crippen LogP contribution < -0.4 is 0 Å². The van der Waals surface area contributed by atoms with Crippen molar-refractivity contribution in [3.8, 4) is 0 Å². The molecule has 0 aromatic heterocycles. The zero-order valence-corrected chi connectivity index (χ0v) is 22.8. The maximum Gasteiger partial charge on any atom is 0.0900 e. The number of allylic oxidation sites excluding steroid dienone is 4. The maximum atomic E-state index is 13.0. The normalized spacial score (nSPS) is 35.0. The quantitative estimate of drug-likeness (QED) is 0.295. The van der Waals surface area contributed by atoms with Gasteiger partial charge in [0.1, 0.15) is 0 Å². The fourth-order valence-corrected chi connectivity index (χ4v) is 7.45. The zero-order chi connectivity index (χ0) is 25.6. The molecule has 0 aromatic rings. The van der Waals surface area contributed by atoms with Crippen LogP contribution in [-0.2, 0) is 4.74 Å². The second kappa shape index (κ2) is 12.5. The molecule has 0 heterocycles. The largest absolute Gasteiger partial charge is 0.393 e. The molecule has 3 fully saturated rings. The molecule has 0 bridgehead atoms. The van der Waals surface area contributed by atoms with Crippen molar-refractivity contribution in [2.24, 2.45) is 23.2 Å². The summed E-state index contributed by atoms with van der Waals surface area (Å²) < 4.78 is 19.3. The molecule has 6 atom stereocenters. The van der Waals surface area contributed by atoms with Gasteiger partial charge in [-0.15, -0.1) is 0 Å². The number of ether oxygens (including phenoxy) is 1. The van der Waals surface area contributed by atoms with E-state index in [2.05, 4.69) is 46.4 Å². The van der Waals surface area contributed by atoms with Crippen LogP contribution >= 0.6 is 0 Å². The Morgan fingerprint density at radius 1 is 1.26 bits per heavy atom. The molecule has 0 aliphatic heterocycles. The van der Waals surface area contributed by atoms with Crippen LogP contribution in [0.25, 0.3) is 0 Å². The highest BCUT2D eigenvalue weighted by Crippen LogP contribution is 2.58. The minimum atomic E-state index is -0.541. The van der Waals surface area contributed by atoms with Crippen molar-refractivity contribution in [1.29, 1.82) is 0 Å². The van der Waals surface area contributed by atoms with E-state index in [0.29, 0.717) is 31.1 Å². The minimum Gasteiger partial charge on any atom is -0.393 e. The number of fused-ring (bicyclic) bond motifs is 1. The smallest absolute Gasteiger partial charge is 0.0900 e. The Kier molecular flexibility index (Phi) is 10.2. The lowest BCUT2D eigenvalue weighted by Crippen LogP contribution is -2.39. The van der Waals surface area contributed by atoms with Crippen molar-refractivity contribution in [3.05, 3.63) is 35.5 Å². The molecule has 0 saturated heterocycles. The zero-order valence-electron chi connectivity index (χ0n) is 22.8. The predicted octanol–water partition coefficient (Wildman–Crippen LogP) is 7.48. The first kappa shape index (κ1) is 28.6. The van der Waals surface area contributed by atoms with Crippen molar-refractivity contribution in [3.63, 3.8) is 0 Å². The molecule has 0 spiro atoms. The van der Waals surface area contributed by atoms with Gasteiger partial charge in [0.25, 0.3) is 0 Å². The third-order valence-corrected chi connectivity index (χ3v) is 9.96. The molecule has 3 rings (SSSR count). The van der Waals surface area contributed by atoms with E-state index in [0.717, 1.165) is 49.9 Å². The molecule has 0 amide bonds. The molecule has 2 N–H and O–H groups in total. The van der Waals surface area contributed by atoms with E-state index >= 15 is 0 Å². The molecule has 0 unspecified atom stereocenters. The summed E-state index contributed by atoms with van der Waals surface area (Å²) in [5.74, 6) is 1.20. The Bertz CT molecular complexity index is 767. The lowest BCUT2D eigenvalue weighted by atomic mass is 9.62. The average molecular weight is 491 g/mol. The fraction of sp³-hybridized carbons (Fsp3) is 0.806. The lowest BCUT2D eigenvalue weighted by molar-refractivity contribution is -0.0365. The Labute approximate surface area is 213 Å². The number of hydrogen-bond acceptors (Lipinski definition) is 3. The van der Waals surface area contributed by atoms with Gasteiger partial charge in [-0.1, -0.05) is 45.1 Å². The maximum absolute atomic E-state index is 13.0. The van der Waals surface area contributed by atoms with Crippen molar-refractivity contribution >= 4 is 0 Å². The molecule has 200 valence electrons. The van der Waals surface area contributed by atoms with Crippen LogP contribution in [0.15, 0.2) is 35.5 Å². The number of rotatable bonds is 11. The van der Waals surface area contributed by atoms with E-state index in [4.69, 9.17) is 4.74 Å². The Morgan fingerprint density at radius 2 is 2.00 bits per heavy atom. The standard InChI is InChI=1S/C31H51FO3/c1-6-31(34,7-2)17-9-19-35-23(4)28-13-14-29-24(10-8-16-30(28,29)5)11-12-25-20-27(33)21-26(15-18-32)22(25)3/h11-12,23,26-29,33-34H,3,6-10,13-21H2,1-2,4-5H3/b24-11+,25-12+/t23-,26+,27+,28+,29-,30+/m0/s1. The van der Waals surface area contributed by atoms with Crippen LogP contribution in [0.1, 0.15) is 105 Å². The molecule has 3 saturated carbocycles. The monoisotopic (exact) mass is 490 g/mol. The van der Waals surface area contributed by atoms with E-state index in [-0.39, 0.29) is 24.1 Å². The number of aliphatic hydroxyl groups excluding tert-OH is 1. The summed E-state index contributed by atoms with van der Waals surface area (Å²) in [7, 11) is 0. The average Bonchev–Trinajstić information content (AvgIpc) is 3.20. The fourth-order valence-electron chi connectivity index (χ4n) is 7.45. The molecule has 0 aromatic carbocycles. The van der Waals surface area contributed by atoms with Gasteiger partial charge in [0, 0.05) is 6.61 Å². The van der Waals surface area contributed by atoms with E-state index < -0.39 is 11.7 Å². The minimum absolute atomic E-state index is 0.0597. The van der Waals surface area contributed by atoms with Crippen LogP contribution in [0, 0.1) is 23.2 Å². The summed E-state index contributed by atoms with van der Waals surface area (Å²) in [5.41, 5.74) is 3.38. The topological polar surface area (TPSA) is 49.7 Å². The third-order valence-electron chi connectivity index (χ3n) is 9.96. The summed E-state index contributed by atoms with van der Waals surface area (Å²) in [6.45, 7) is 13.5. The lowest BCUT2D eigenvalue weighted by Gasteiger charge is -2.44. The van der Waals surface area contributed by atoms with Crippen LogP contribution in [0.2, 0.25) is 0 Å². The molecule has 3 nitrogen and oxygen atoms in total. The highest BCUT2D eigenvalue weighted by atomic mass is 19.1. The first-order chi connectivity index (χ1) is 16.7. The van der Waals surface area contributed by atoms with Gasteiger partial charge in [0.05, 0.1) is 24.5 Å². The number of halogens is 1. The summed E-state index contributed by atoms with van der Waals surface area (Å²) in [5, 5.41) is 20.9. The Morgan fingerprint density at radius 3 is 2.69 bits per heavy atom. The molecule has 3 aliphatic rings.